The number of fused-ring (bicyclic) bond motifs is 1. The van der Waals surface area contributed by atoms with Crippen LogP contribution < -0.4 is 16.0 Å². The summed E-state index contributed by atoms with van der Waals surface area (Å²) in [4.78, 5) is 35.8. The normalized spacial score (nSPS) is 18.7. The van der Waals surface area contributed by atoms with Crippen molar-refractivity contribution >= 4 is 23.4 Å². The third kappa shape index (κ3) is 5.64. The summed E-state index contributed by atoms with van der Waals surface area (Å²) in [5.74, 6) is -0.895. The molecule has 2 aliphatic rings. The maximum atomic E-state index is 13.3. The van der Waals surface area contributed by atoms with E-state index in [9.17, 15) is 18.8 Å². The van der Waals surface area contributed by atoms with Gasteiger partial charge in [0.25, 0.3) is 0 Å². The predicted octanol–water partition coefficient (Wildman–Crippen LogP) is 2.23. The fourth-order valence-electron chi connectivity index (χ4n) is 3.12. The summed E-state index contributed by atoms with van der Waals surface area (Å²) in [6, 6.07) is 4.03. The molecule has 3 rings (SSSR count). The first-order valence-electron chi connectivity index (χ1n) is 9.31. The first kappa shape index (κ1) is 19.1. The Bertz CT molecular complexity index is 759. The molecule has 1 heterocycles. The molecule has 0 aromatic heterocycles. The van der Waals surface area contributed by atoms with Crippen molar-refractivity contribution in [1.82, 2.24) is 10.6 Å². The van der Waals surface area contributed by atoms with Crippen LogP contribution in [0.1, 0.15) is 43.6 Å². The Morgan fingerprint density at radius 1 is 1.19 bits per heavy atom. The van der Waals surface area contributed by atoms with Gasteiger partial charge in [-0.3, -0.25) is 14.4 Å². The highest BCUT2D eigenvalue weighted by atomic mass is 19.1. The van der Waals surface area contributed by atoms with Crippen molar-refractivity contribution in [2.75, 3.05) is 18.4 Å². The lowest BCUT2D eigenvalue weighted by molar-refractivity contribution is -0.126. The fraction of sp³-hybridized carbons (Fsp3) is 0.450. The molecule has 1 fully saturated rings. The summed E-state index contributed by atoms with van der Waals surface area (Å²) < 4.78 is 13.3. The Labute approximate surface area is 157 Å². The zero-order chi connectivity index (χ0) is 19.2. The zero-order valence-corrected chi connectivity index (χ0v) is 15.1. The molecule has 3 amide bonds. The van der Waals surface area contributed by atoms with E-state index >= 15 is 0 Å². The molecule has 7 heteroatoms. The lowest BCUT2D eigenvalue weighted by Gasteiger charge is -2.24. The van der Waals surface area contributed by atoms with Crippen LogP contribution in [0.3, 0.4) is 0 Å². The van der Waals surface area contributed by atoms with E-state index < -0.39 is 11.7 Å². The highest BCUT2D eigenvalue weighted by Crippen LogP contribution is 2.33. The molecule has 6 nitrogen and oxygen atoms in total. The zero-order valence-electron chi connectivity index (χ0n) is 15.1. The number of benzene rings is 1. The second kappa shape index (κ2) is 8.79. The number of rotatable bonds is 8. The summed E-state index contributed by atoms with van der Waals surface area (Å²) in [7, 11) is 0. The van der Waals surface area contributed by atoms with Gasteiger partial charge in [-0.15, -0.1) is 0 Å². The quantitative estimate of drug-likeness (QED) is 0.611. The monoisotopic (exact) mass is 373 g/mol. The van der Waals surface area contributed by atoms with E-state index in [1.54, 1.807) is 12.2 Å². The average molecular weight is 373 g/mol. The Morgan fingerprint density at radius 3 is 2.67 bits per heavy atom. The Hall–Kier alpha value is -2.70. The van der Waals surface area contributed by atoms with Crippen molar-refractivity contribution in [3.8, 4) is 0 Å². The molecule has 1 aromatic carbocycles. The first-order valence-corrected chi connectivity index (χ1v) is 9.31. The Morgan fingerprint density at radius 2 is 1.93 bits per heavy atom. The van der Waals surface area contributed by atoms with Gasteiger partial charge >= 0.3 is 0 Å². The number of carbonyl (C=O) groups is 3. The molecule has 1 unspecified atom stereocenters. The molecule has 1 saturated carbocycles. The highest BCUT2D eigenvalue weighted by molar-refractivity contribution is 6.01. The SMILES string of the molecule is O=C(CCC1CC1)NC/C=C\CNC(=O)C1CC(=O)Nc2cc(F)ccc21. The minimum absolute atomic E-state index is 0.0330. The van der Waals surface area contributed by atoms with E-state index in [-0.39, 0.29) is 24.1 Å². The van der Waals surface area contributed by atoms with Crippen molar-refractivity contribution in [3.05, 3.63) is 41.7 Å². The lowest BCUT2D eigenvalue weighted by atomic mass is 9.89. The second-order valence-corrected chi connectivity index (χ2v) is 7.04. The van der Waals surface area contributed by atoms with Crippen LogP contribution in [-0.4, -0.2) is 30.8 Å². The highest BCUT2D eigenvalue weighted by Gasteiger charge is 2.30. The molecule has 144 valence electrons. The molecule has 1 aliphatic carbocycles. The third-order valence-electron chi connectivity index (χ3n) is 4.83. The van der Waals surface area contributed by atoms with E-state index in [0.29, 0.717) is 30.8 Å². The van der Waals surface area contributed by atoms with Crippen LogP contribution in [0.2, 0.25) is 0 Å². The van der Waals surface area contributed by atoms with E-state index in [4.69, 9.17) is 0 Å². The first-order chi connectivity index (χ1) is 13.0. The van der Waals surface area contributed by atoms with E-state index in [1.807, 2.05) is 0 Å². The Balaban J connectivity index is 1.41. The molecular formula is C20H24FN3O3. The number of anilines is 1. The number of amides is 3. The maximum absolute atomic E-state index is 13.3. The largest absolute Gasteiger partial charge is 0.353 e. The minimum Gasteiger partial charge on any atom is -0.353 e. The molecular weight excluding hydrogens is 349 g/mol. The van der Waals surface area contributed by atoms with Crippen molar-refractivity contribution in [2.45, 2.75) is 38.0 Å². The standard InChI is InChI=1S/C20H24FN3O3/c21-14-6-7-15-16(12-19(26)24-17(15)11-14)20(27)23-10-2-1-9-22-18(25)8-5-13-3-4-13/h1-2,6-7,11,13,16H,3-5,8-10,12H2,(H,22,25)(H,23,27)(H,24,26)/b2-1-. The predicted molar refractivity (Wildman–Crippen MR) is 99.5 cm³/mol. The maximum Gasteiger partial charge on any atom is 0.228 e. The molecule has 0 spiro atoms. The van der Waals surface area contributed by atoms with Gasteiger partial charge in [0.2, 0.25) is 17.7 Å². The summed E-state index contributed by atoms with van der Waals surface area (Å²) in [6.07, 6.45) is 7.60. The molecule has 1 aliphatic heterocycles. The van der Waals surface area contributed by atoms with Crippen molar-refractivity contribution in [3.63, 3.8) is 0 Å². The van der Waals surface area contributed by atoms with Gasteiger partial charge < -0.3 is 16.0 Å². The second-order valence-electron chi connectivity index (χ2n) is 7.04. The molecule has 3 N–H and O–H groups in total. The fourth-order valence-corrected chi connectivity index (χ4v) is 3.12. The number of nitrogens with one attached hydrogen (secondary N) is 3. The van der Waals surface area contributed by atoms with Crippen molar-refractivity contribution in [1.29, 1.82) is 0 Å². The molecule has 1 aromatic rings. The van der Waals surface area contributed by atoms with Crippen LogP contribution in [0.15, 0.2) is 30.4 Å². The van der Waals surface area contributed by atoms with Gasteiger partial charge in [-0.05, 0) is 30.0 Å². The number of carbonyl (C=O) groups excluding carboxylic acids is 3. The van der Waals surface area contributed by atoms with Crippen molar-refractivity contribution in [2.24, 2.45) is 5.92 Å². The summed E-state index contributed by atoms with van der Waals surface area (Å²) >= 11 is 0. The van der Waals surface area contributed by atoms with Crippen LogP contribution in [0.4, 0.5) is 10.1 Å². The van der Waals surface area contributed by atoms with E-state index in [0.717, 1.165) is 12.3 Å². The topological polar surface area (TPSA) is 87.3 Å². The van der Waals surface area contributed by atoms with Gasteiger partial charge in [0.1, 0.15) is 5.82 Å². The summed E-state index contributed by atoms with van der Waals surface area (Å²) in [5.41, 5.74) is 0.955. The van der Waals surface area contributed by atoms with Crippen LogP contribution in [0.5, 0.6) is 0 Å². The van der Waals surface area contributed by atoms with Gasteiger partial charge in [-0.2, -0.15) is 0 Å². The number of hydrogen-bond donors (Lipinski definition) is 3. The third-order valence-corrected chi connectivity index (χ3v) is 4.83. The van der Waals surface area contributed by atoms with Crippen molar-refractivity contribution < 1.29 is 18.8 Å². The van der Waals surface area contributed by atoms with Crippen LogP contribution >= 0.6 is 0 Å². The lowest BCUT2D eigenvalue weighted by Crippen LogP contribution is -2.35. The van der Waals surface area contributed by atoms with Gasteiger partial charge in [-0.25, -0.2) is 4.39 Å². The number of hydrogen-bond acceptors (Lipinski definition) is 3. The van der Waals surface area contributed by atoms with Gasteiger partial charge in [0.15, 0.2) is 0 Å². The van der Waals surface area contributed by atoms with Crippen LogP contribution in [-0.2, 0) is 14.4 Å². The van der Waals surface area contributed by atoms with E-state index in [1.165, 1.54) is 31.0 Å². The van der Waals surface area contributed by atoms with Gasteiger partial charge in [-0.1, -0.05) is 31.1 Å². The van der Waals surface area contributed by atoms with Crippen LogP contribution in [0, 0.1) is 11.7 Å². The Kier molecular flexibility index (Phi) is 6.21. The number of halogens is 1. The molecule has 0 radical (unpaired) electrons. The van der Waals surface area contributed by atoms with Gasteiger partial charge in [0, 0.05) is 31.6 Å². The minimum atomic E-state index is -0.634. The van der Waals surface area contributed by atoms with Gasteiger partial charge in [0.05, 0.1) is 5.92 Å². The summed E-state index contributed by atoms with van der Waals surface area (Å²) in [5, 5.41) is 8.16. The van der Waals surface area contributed by atoms with E-state index in [2.05, 4.69) is 16.0 Å². The summed E-state index contributed by atoms with van der Waals surface area (Å²) in [6.45, 7) is 0.721. The molecule has 0 bridgehead atoms. The molecule has 1 atom stereocenters. The van der Waals surface area contributed by atoms with Crippen LogP contribution in [0.25, 0.3) is 0 Å². The smallest absolute Gasteiger partial charge is 0.228 e. The average Bonchev–Trinajstić information content (AvgIpc) is 3.46. The molecule has 0 saturated heterocycles. The molecule has 27 heavy (non-hydrogen) atoms.